The maximum absolute atomic E-state index is 15.3. The van der Waals surface area contributed by atoms with Crippen LogP contribution in [0, 0.1) is 11.7 Å². The van der Waals surface area contributed by atoms with E-state index in [0.29, 0.717) is 34.1 Å². The van der Waals surface area contributed by atoms with Crippen molar-refractivity contribution in [1.29, 1.82) is 0 Å². The van der Waals surface area contributed by atoms with Crippen LogP contribution in [0.2, 0.25) is 10.0 Å². The lowest BCUT2D eigenvalue weighted by molar-refractivity contribution is 0.0967. The number of hydrogen-bond donors (Lipinski definition) is 2. The number of Topliss-reactive ketones (excluding diaryl/α,β-unsaturated/α-hetero) is 1. The van der Waals surface area contributed by atoms with Crippen LogP contribution >= 0.6 is 23.2 Å². The molecule has 0 unspecified atom stereocenters. The quantitative estimate of drug-likeness (QED) is 0.301. The van der Waals surface area contributed by atoms with Gasteiger partial charge in [-0.2, -0.15) is 0 Å². The average Bonchev–Trinajstić information content (AvgIpc) is 3.66. The zero-order valence-electron chi connectivity index (χ0n) is 18.4. The number of fused-ring (bicyclic) bond motifs is 1. The van der Waals surface area contributed by atoms with E-state index >= 15 is 4.39 Å². The van der Waals surface area contributed by atoms with Gasteiger partial charge in [0.05, 0.1) is 26.9 Å². The highest BCUT2D eigenvalue weighted by Crippen LogP contribution is 2.40. The van der Waals surface area contributed by atoms with Crippen LogP contribution in [0.25, 0.3) is 22.0 Å². The predicted molar refractivity (Wildman–Crippen MR) is 133 cm³/mol. The summed E-state index contributed by atoms with van der Waals surface area (Å²) in [5.41, 5.74) is 8.64. The van der Waals surface area contributed by atoms with E-state index in [0.717, 1.165) is 38.5 Å². The largest absolute Gasteiger partial charge is 0.381 e. The summed E-state index contributed by atoms with van der Waals surface area (Å²) in [5.74, 6) is -0.476. The molecule has 0 saturated heterocycles. The lowest BCUT2D eigenvalue weighted by Crippen LogP contribution is -2.33. The van der Waals surface area contributed by atoms with Crippen molar-refractivity contribution in [2.45, 2.75) is 50.6 Å². The van der Waals surface area contributed by atoms with Gasteiger partial charge in [0.2, 0.25) is 0 Å². The van der Waals surface area contributed by atoms with Crippen molar-refractivity contribution in [3.63, 3.8) is 0 Å². The van der Waals surface area contributed by atoms with E-state index in [4.69, 9.17) is 28.9 Å². The molecule has 0 atom stereocenters. The van der Waals surface area contributed by atoms with Gasteiger partial charge in [-0.05, 0) is 73.9 Å². The molecule has 1 heterocycles. The molecule has 0 bridgehead atoms. The molecule has 2 aromatic carbocycles. The third-order valence-electron chi connectivity index (χ3n) is 6.79. The van der Waals surface area contributed by atoms with Crippen LogP contribution in [0.3, 0.4) is 0 Å². The number of aromatic nitrogens is 1. The molecule has 0 radical (unpaired) electrons. The predicted octanol–water partition coefficient (Wildman–Crippen LogP) is 6.43. The second kappa shape index (κ2) is 9.25. The fourth-order valence-corrected chi connectivity index (χ4v) is 5.24. The van der Waals surface area contributed by atoms with E-state index in [1.807, 2.05) is 0 Å². The van der Waals surface area contributed by atoms with Gasteiger partial charge in [0, 0.05) is 29.6 Å². The van der Waals surface area contributed by atoms with Crippen LogP contribution in [0.1, 0.15) is 59.2 Å². The second-order valence-electron chi connectivity index (χ2n) is 9.27. The highest BCUT2D eigenvalue weighted by Gasteiger charge is 2.33. The summed E-state index contributed by atoms with van der Waals surface area (Å²) in [5, 5.41) is 4.44. The number of ketones is 1. The number of carbonyl (C=O) groups excluding carboxylic acids is 2. The van der Waals surface area contributed by atoms with E-state index in [-0.39, 0.29) is 44.9 Å². The summed E-state index contributed by atoms with van der Waals surface area (Å²) in [6.45, 7) is 0. The first-order chi connectivity index (χ1) is 16.4. The van der Waals surface area contributed by atoms with Crippen LogP contribution in [0.15, 0.2) is 30.5 Å². The minimum absolute atomic E-state index is 0.00102. The number of rotatable bonds is 6. The first-order valence-electron chi connectivity index (χ1n) is 11.5. The minimum atomic E-state index is -0.515. The Morgan fingerprint density at radius 3 is 2.29 bits per heavy atom. The molecular formula is C26H24Cl2FN3O2. The molecular weight excluding hydrogens is 476 g/mol. The third-order valence-corrected chi connectivity index (χ3v) is 7.41. The number of nitrogens with zero attached hydrogens (tertiary/aromatic N) is 1. The van der Waals surface area contributed by atoms with Crippen LogP contribution < -0.4 is 11.1 Å². The molecule has 2 aliphatic rings. The first kappa shape index (κ1) is 23.2. The van der Waals surface area contributed by atoms with Crippen LogP contribution in [-0.4, -0.2) is 29.1 Å². The summed E-state index contributed by atoms with van der Waals surface area (Å²) >= 11 is 12.5. The van der Waals surface area contributed by atoms with E-state index in [9.17, 15) is 9.59 Å². The summed E-state index contributed by atoms with van der Waals surface area (Å²) in [6.07, 6.45) is 7.36. The topological polar surface area (TPSA) is 85.1 Å². The van der Waals surface area contributed by atoms with E-state index in [1.54, 1.807) is 18.2 Å². The molecule has 5 rings (SSSR count). The molecule has 2 aliphatic carbocycles. The van der Waals surface area contributed by atoms with Crippen molar-refractivity contribution in [2.24, 2.45) is 11.7 Å². The minimum Gasteiger partial charge on any atom is -0.381 e. The summed E-state index contributed by atoms with van der Waals surface area (Å²) in [6, 6.07) is 6.66. The maximum Gasteiger partial charge on any atom is 0.169 e. The fourth-order valence-electron chi connectivity index (χ4n) is 4.67. The van der Waals surface area contributed by atoms with Crippen molar-refractivity contribution in [3.05, 3.63) is 57.5 Å². The second-order valence-corrected chi connectivity index (χ2v) is 10.1. The number of benzene rings is 2. The molecule has 3 N–H and O–H groups in total. The molecule has 5 nitrogen and oxygen atoms in total. The molecule has 0 amide bonds. The number of carbonyl (C=O) groups is 2. The monoisotopic (exact) mass is 499 g/mol. The number of pyridine rings is 1. The van der Waals surface area contributed by atoms with Gasteiger partial charge >= 0.3 is 0 Å². The molecule has 0 aliphatic heterocycles. The Bertz CT molecular complexity index is 1280. The molecule has 2 saturated carbocycles. The smallest absolute Gasteiger partial charge is 0.169 e. The molecule has 0 spiro atoms. The summed E-state index contributed by atoms with van der Waals surface area (Å²) in [7, 11) is 0. The van der Waals surface area contributed by atoms with Crippen LogP contribution in [0.5, 0.6) is 0 Å². The molecule has 8 heteroatoms. The first-order valence-corrected chi connectivity index (χ1v) is 12.2. The number of nitrogens with two attached hydrogens (primary N) is 1. The summed E-state index contributed by atoms with van der Waals surface area (Å²) < 4.78 is 15.3. The van der Waals surface area contributed by atoms with E-state index in [1.165, 1.54) is 12.3 Å². The number of aldehydes is 1. The van der Waals surface area contributed by atoms with E-state index < -0.39 is 5.82 Å². The Balaban J connectivity index is 1.66. The SMILES string of the molecule is NC1CCC(Nc2c(C(=O)C3CC3)cnc3c(F)cc(-c4cc(Cl)c(C=O)c(Cl)c4)cc23)CC1. The third kappa shape index (κ3) is 4.42. The standard InChI is InChI=1S/C26H24Cl2FN3O2/c27-21-8-15(9-22(28)20(21)12-33)14-7-18-24(32-17-5-3-16(30)4-6-17)19(26(34)13-1-2-13)11-31-25(18)23(29)10-14/h7-13,16-17H,1-6,30H2,(H,31,32). The number of hydrogen-bond acceptors (Lipinski definition) is 5. The molecule has 1 aromatic heterocycles. The van der Waals surface area contributed by atoms with Gasteiger partial charge in [-0.1, -0.05) is 23.2 Å². The van der Waals surface area contributed by atoms with Crippen molar-refractivity contribution in [2.75, 3.05) is 5.32 Å². The Labute approximate surface area is 206 Å². The lowest BCUT2D eigenvalue weighted by Gasteiger charge is -2.29. The highest BCUT2D eigenvalue weighted by atomic mass is 35.5. The maximum atomic E-state index is 15.3. The van der Waals surface area contributed by atoms with Crippen LogP contribution in [-0.2, 0) is 0 Å². The number of anilines is 1. The zero-order chi connectivity index (χ0) is 24.0. The normalized spacial score (nSPS) is 20.4. The van der Waals surface area contributed by atoms with Crippen LogP contribution in [0.4, 0.5) is 10.1 Å². The molecule has 3 aromatic rings. The van der Waals surface area contributed by atoms with Gasteiger partial charge in [0.15, 0.2) is 12.1 Å². The van der Waals surface area contributed by atoms with Crippen molar-refractivity contribution < 1.29 is 14.0 Å². The van der Waals surface area contributed by atoms with Gasteiger partial charge in [0.1, 0.15) is 11.3 Å². The highest BCUT2D eigenvalue weighted by molar-refractivity contribution is 6.39. The molecule has 2 fully saturated rings. The lowest BCUT2D eigenvalue weighted by atomic mass is 9.91. The van der Waals surface area contributed by atoms with E-state index in [2.05, 4.69) is 10.3 Å². The van der Waals surface area contributed by atoms with Gasteiger partial charge in [-0.25, -0.2) is 4.39 Å². The zero-order valence-corrected chi connectivity index (χ0v) is 19.9. The van der Waals surface area contributed by atoms with Crippen molar-refractivity contribution in [3.8, 4) is 11.1 Å². The van der Waals surface area contributed by atoms with Gasteiger partial charge in [-0.15, -0.1) is 0 Å². The van der Waals surface area contributed by atoms with Crippen molar-refractivity contribution >= 4 is 51.9 Å². The number of halogens is 3. The Hall–Kier alpha value is -2.54. The van der Waals surface area contributed by atoms with Gasteiger partial charge < -0.3 is 11.1 Å². The Kier molecular flexibility index (Phi) is 6.32. The van der Waals surface area contributed by atoms with Gasteiger partial charge in [-0.3, -0.25) is 14.6 Å². The Morgan fingerprint density at radius 2 is 1.68 bits per heavy atom. The number of nitrogens with one attached hydrogen (secondary N) is 1. The average molecular weight is 500 g/mol. The van der Waals surface area contributed by atoms with Crippen molar-refractivity contribution in [1.82, 2.24) is 4.98 Å². The summed E-state index contributed by atoms with van der Waals surface area (Å²) in [4.78, 5) is 28.7. The Morgan fingerprint density at radius 1 is 1.03 bits per heavy atom. The molecule has 176 valence electrons. The molecule has 34 heavy (non-hydrogen) atoms. The van der Waals surface area contributed by atoms with Gasteiger partial charge in [0.25, 0.3) is 0 Å². The fraction of sp³-hybridized carbons (Fsp3) is 0.346.